The van der Waals surface area contributed by atoms with Crippen LogP contribution < -0.4 is 10.6 Å². The van der Waals surface area contributed by atoms with Crippen LogP contribution in [0.3, 0.4) is 0 Å². The van der Waals surface area contributed by atoms with Gasteiger partial charge in [0.2, 0.25) is 11.8 Å². The van der Waals surface area contributed by atoms with Crippen LogP contribution >= 0.6 is 0 Å². The number of hydrogen-bond acceptors (Lipinski definition) is 4. The van der Waals surface area contributed by atoms with Crippen molar-refractivity contribution in [1.82, 2.24) is 15.5 Å². The normalized spacial score (nSPS) is 23.8. The predicted octanol–water partition coefficient (Wildman–Crippen LogP) is 1.75. The lowest BCUT2D eigenvalue weighted by molar-refractivity contribution is -0.133. The van der Waals surface area contributed by atoms with Crippen molar-refractivity contribution in [2.45, 2.75) is 63.6 Å². The van der Waals surface area contributed by atoms with E-state index in [4.69, 9.17) is 0 Å². The summed E-state index contributed by atoms with van der Waals surface area (Å²) < 4.78 is 27.1. The SMILES string of the molecule is CC(=O)N[C@@H](Cc1cc(F)cc(F)c1)[C@@H](O)[C@H]1C[C@H](CC(=O)N2CCCCC2)CN1. The molecule has 2 heterocycles. The summed E-state index contributed by atoms with van der Waals surface area (Å²) in [5.74, 6) is -1.45. The molecule has 1 aromatic rings. The van der Waals surface area contributed by atoms with Crippen LogP contribution in [0.2, 0.25) is 0 Å². The van der Waals surface area contributed by atoms with Gasteiger partial charge >= 0.3 is 0 Å². The second kappa shape index (κ2) is 10.3. The molecule has 3 N–H and O–H groups in total. The van der Waals surface area contributed by atoms with Crippen molar-refractivity contribution in [3.8, 4) is 0 Å². The maximum absolute atomic E-state index is 13.5. The first-order chi connectivity index (χ1) is 14.3. The van der Waals surface area contributed by atoms with Crippen LogP contribution in [0, 0.1) is 17.6 Å². The summed E-state index contributed by atoms with van der Waals surface area (Å²) >= 11 is 0. The van der Waals surface area contributed by atoms with E-state index in [0.29, 0.717) is 24.9 Å². The molecule has 0 saturated carbocycles. The highest BCUT2D eigenvalue weighted by atomic mass is 19.1. The molecule has 30 heavy (non-hydrogen) atoms. The van der Waals surface area contributed by atoms with Crippen LogP contribution in [0.5, 0.6) is 0 Å². The first-order valence-electron chi connectivity index (χ1n) is 10.7. The summed E-state index contributed by atoms with van der Waals surface area (Å²) in [6.07, 6.45) is 3.47. The first-order valence-corrected chi connectivity index (χ1v) is 10.7. The van der Waals surface area contributed by atoms with E-state index >= 15 is 0 Å². The molecular formula is C22H31F2N3O3. The van der Waals surface area contributed by atoms with Crippen LogP contribution in [-0.4, -0.2) is 59.6 Å². The Balaban J connectivity index is 1.59. The number of likely N-dealkylation sites (tertiary alicyclic amines) is 1. The summed E-state index contributed by atoms with van der Waals surface area (Å²) in [5, 5.41) is 16.9. The quantitative estimate of drug-likeness (QED) is 0.624. The molecule has 1 aromatic carbocycles. The summed E-state index contributed by atoms with van der Waals surface area (Å²) in [5.41, 5.74) is 0.361. The number of carbonyl (C=O) groups excluding carboxylic acids is 2. The monoisotopic (exact) mass is 423 g/mol. The fourth-order valence-corrected chi connectivity index (χ4v) is 4.56. The van der Waals surface area contributed by atoms with Crippen molar-refractivity contribution >= 4 is 11.8 Å². The van der Waals surface area contributed by atoms with Gasteiger partial charge in [0.1, 0.15) is 11.6 Å². The minimum absolute atomic E-state index is 0.102. The number of aliphatic hydroxyl groups is 1. The Morgan fingerprint density at radius 3 is 2.50 bits per heavy atom. The Morgan fingerprint density at radius 2 is 1.87 bits per heavy atom. The molecule has 166 valence electrons. The lowest BCUT2D eigenvalue weighted by atomic mass is 9.92. The van der Waals surface area contributed by atoms with Gasteiger partial charge in [-0.2, -0.15) is 0 Å². The van der Waals surface area contributed by atoms with Gasteiger partial charge in [-0.3, -0.25) is 9.59 Å². The van der Waals surface area contributed by atoms with Gasteiger partial charge in [-0.25, -0.2) is 8.78 Å². The Hall–Kier alpha value is -2.06. The molecule has 6 nitrogen and oxygen atoms in total. The molecule has 4 atom stereocenters. The van der Waals surface area contributed by atoms with Crippen molar-refractivity contribution in [1.29, 1.82) is 0 Å². The maximum atomic E-state index is 13.5. The summed E-state index contributed by atoms with van der Waals surface area (Å²) in [7, 11) is 0. The van der Waals surface area contributed by atoms with E-state index in [9.17, 15) is 23.5 Å². The molecule has 0 unspecified atom stereocenters. The topological polar surface area (TPSA) is 81.7 Å². The van der Waals surface area contributed by atoms with Gasteiger partial charge in [-0.05, 0) is 62.3 Å². The average molecular weight is 424 g/mol. The standard InChI is InChI=1S/C22H31F2N3O3/c1-14(28)26-20(9-15-7-17(23)12-18(24)8-15)22(30)19-10-16(13-25-19)11-21(29)27-5-3-2-4-6-27/h7-8,12,16,19-20,22,25,30H,2-6,9-11,13H2,1H3,(H,26,28)/t16-,19-,20+,22+/m1/s1. The Kier molecular flexibility index (Phi) is 7.77. The smallest absolute Gasteiger partial charge is 0.222 e. The number of nitrogens with zero attached hydrogens (tertiary/aromatic N) is 1. The van der Waals surface area contributed by atoms with Crippen LogP contribution in [0.1, 0.15) is 44.6 Å². The van der Waals surface area contributed by atoms with Gasteiger partial charge in [-0.15, -0.1) is 0 Å². The maximum Gasteiger partial charge on any atom is 0.222 e. The van der Waals surface area contributed by atoms with E-state index in [2.05, 4.69) is 10.6 Å². The molecule has 0 aliphatic carbocycles. The second-order valence-corrected chi connectivity index (χ2v) is 8.54. The van der Waals surface area contributed by atoms with E-state index in [0.717, 1.165) is 32.0 Å². The zero-order chi connectivity index (χ0) is 21.7. The molecule has 0 spiro atoms. The number of benzene rings is 1. The van der Waals surface area contributed by atoms with E-state index < -0.39 is 23.8 Å². The largest absolute Gasteiger partial charge is 0.389 e. The summed E-state index contributed by atoms with van der Waals surface area (Å²) in [6.45, 7) is 3.59. The van der Waals surface area contributed by atoms with Crippen LogP contribution in [0.15, 0.2) is 18.2 Å². The molecule has 0 aromatic heterocycles. The molecule has 3 rings (SSSR count). The molecule has 0 radical (unpaired) electrons. The van der Waals surface area contributed by atoms with Crippen LogP contribution in [0.25, 0.3) is 0 Å². The molecule has 2 fully saturated rings. The third-order valence-corrected chi connectivity index (χ3v) is 6.02. The number of carbonyl (C=O) groups is 2. The lowest BCUT2D eigenvalue weighted by Gasteiger charge is -2.29. The number of nitrogens with one attached hydrogen (secondary N) is 2. The zero-order valence-electron chi connectivity index (χ0n) is 17.4. The van der Waals surface area contributed by atoms with Gasteiger partial charge in [0.05, 0.1) is 12.1 Å². The fraction of sp³-hybridized carbons (Fsp3) is 0.636. The van der Waals surface area contributed by atoms with Gasteiger partial charge in [0.15, 0.2) is 0 Å². The Morgan fingerprint density at radius 1 is 1.20 bits per heavy atom. The number of aliphatic hydroxyl groups excluding tert-OH is 1. The van der Waals surface area contributed by atoms with Crippen molar-refractivity contribution in [2.75, 3.05) is 19.6 Å². The molecule has 2 aliphatic heterocycles. The lowest BCUT2D eigenvalue weighted by Crippen LogP contribution is -2.51. The highest BCUT2D eigenvalue weighted by molar-refractivity contribution is 5.76. The number of hydrogen-bond donors (Lipinski definition) is 3. The second-order valence-electron chi connectivity index (χ2n) is 8.54. The fourth-order valence-electron chi connectivity index (χ4n) is 4.56. The molecule has 2 aliphatic rings. The van der Waals surface area contributed by atoms with Crippen molar-refractivity contribution in [2.24, 2.45) is 5.92 Å². The Bertz CT molecular complexity index is 735. The van der Waals surface area contributed by atoms with Gasteiger partial charge in [0, 0.05) is 38.5 Å². The highest BCUT2D eigenvalue weighted by Gasteiger charge is 2.35. The summed E-state index contributed by atoms with van der Waals surface area (Å²) in [4.78, 5) is 26.1. The summed E-state index contributed by atoms with van der Waals surface area (Å²) in [6, 6.07) is 2.19. The minimum atomic E-state index is -0.949. The Labute approximate surface area is 176 Å². The predicted molar refractivity (Wildman–Crippen MR) is 109 cm³/mol. The molecule has 2 amide bonds. The van der Waals surface area contributed by atoms with Crippen molar-refractivity contribution in [3.05, 3.63) is 35.4 Å². The first kappa shape index (κ1) is 22.6. The van der Waals surface area contributed by atoms with Crippen LogP contribution in [-0.2, 0) is 16.0 Å². The highest BCUT2D eigenvalue weighted by Crippen LogP contribution is 2.24. The minimum Gasteiger partial charge on any atom is -0.389 e. The van der Waals surface area contributed by atoms with Gasteiger partial charge < -0.3 is 20.6 Å². The van der Waals surface area contributed by atoms with E-state index in [1.165, 1.54) is 25.5 Å². The molecule has 2 saturated heterocycles. The van der Waals surface area contributed by atoms with Crippen LogP contribution in [0.4, 0.5) is 8.78 Å². The third-order valence-electron chi connectivity index (χ3n) is 6.02. The molecule has 8 heteroatoms. The third kappa shape index (κ3) is 6.22. The number of halogens is 2. The van der Waals surface area contributed by atoms with E-state index in [1.54, 1.807) is 0 Å². The average Bonchev–Trinajstić information content (AvgIpc) is 3.15. The molecular weight excluding hydrogens is 392 g/mol. The zero-order valence-corrected chi connectivity index (χ0v) is 17.4. The van der Waals surface area contributed by atoms with Crippen molar-refractivity contribution < 1.29 is 23.5 Å². The number of piperidine rings is 1. The van der Waals surface area contributed by atoms with Gasteiger partial charge in [-0.1, -0.05) is 0 Å². The number of amides is 2. The van der Waals surface area contributed by atoms with E-state index in [-0.39, 0.29) is 30.2 Å². The van der Waals surface area contributed by atoms with Gasteiger partial charge in [0.25, 0.3) is 0 Å². The van der Waals surface area contributed by atoms with E-state index in [1.807, 2.05) is 4.90 Å². The van der Waals surface area contributed by atoms with Crippen molar-refractivity contribution in [3.63, 3.8) is 0 Å². The number of rotatable bonds is 7. The molecule has 0 bridgehead atoms.